The maximum Gasteiger partial charge on any atom is 0.254 e. The number of hydrogen-bond donors (Lipinski definition) is 3. The lowest BCUT2D eigenvalue weighted by Crippen LogP contribution is -2.19. The Kier molecular flexibility index (Phi) is 4.65. The van der Waals surface area contributed by atoms with Gasteiger partial charge in [0.2, 0.25) is 5.91 Å². The van der Waals surface area contributed by atoms with Gasteiger partial charge in [0.1, 0.15) is 17.5 Å². The van der Waals surface area contributed by atoms with E-state index >= 15 is 0 Å². The summed E-state index contributed by atoms with van der Waals surface area (Å²) in [6.45, 7) is 1.97. The van der Waals surface area contributed by atoms with Gasteiger partial charge in [-0.1, -0.05) is 12.1 Å². The molecule has 1 unspecified atom stereocenters. The maximum atomic E-state index is 13.3. The standard InChI is InChI=1S/C22H21FN6O2/c1-12(13-2-4-16(23)5-3-13)25-18-10-19(26-17-6-7-17)29-21(27-18)15(11-24-29)8-14-9-20(30)28-22(14)31/h2-5,8,10-12,17,26H,6-7,9H2,1H3,(H,25,27)(H,28,30,31)/b14-8+. The number of hydrogen-bond acceptors (Lipinski definition) is 6. The zero-order chi connectivity index (χ0) is 21.5. The molecule has 1 aliphatic heterocycles. The number of rotatable bonds is 6. The highest BCUT2D eigenvalue weighted by atomic mass is 19.1. The van der Waals surface area contributed by atoms with Crippen molar-refractivity contribution >= 4 is 35.2 Å². The third kappa shape index (κ3) is 3.98. The number of fused-ring (bicyclic) bond motifs is 1. The van der Waals surface area contributed by atoms with Gasteiger partial charge in [0.15, 0.2) is 5.65 Å². The number of nitrogens with zero attached hydrogens (tertiary/aromatic N) is 3. The fraction of sp³-hybridized carbons (Fsp3) is 0.273. The minimum atomic E-state index is -0.389. The summed E-state index contributed by atoms with van der Waals surface area (Å²) >= 11 is 0. The van der Waals surface area contributed by atoms with E-state index < -0.39 is 0 Å². The minimum Gasteiger partial charge on any atom is -0.367 e. The summed E-state index contributed by atoms with van der Waals surface area (Å²) in [5.41, 5.74) is 2.53. The van der Waals surface area contributed by atoms with Crippen LogP contribution in [0, 0.1) is 5.82 Å². The Morgan fingerprint density at radius 2 is 2.03 bits per heavy atom. The predicted octanol–water partition coefficient (Wildman–Crippen LogP) is 3.05. The molecule has 9 heteroatoms. The first-order valence-corrected chi connectivity index (χ1v) is 10.2. The van der Waals surface area contributed by atoms with E-state index in [-0.39, 0.29) is 30.1 Å². The van der Waals surface area contributed by atoms with Crippen molar-refractivity contribution < 1.29 is 14.0 Å². The molecule has 158 valence electrons. The fourth-order valence-corrected chi connectivity index (χ4v) is 3.56. The van der Waals surface area contributed by atoms with Gasteiger partial charge in [0, 0.05) is 29.3 Å². The van der Waals surface area contributed by atoms with Crippen LogP contribution < -0.4 is 16.0 Å². The molecule has 3 heterocycles. The molecule has 2 aliphatic rings. The van der Waals surface area contributed by atoms with E-state index in [1.165, 1.54) is 12.1 Å². The van der Waals surface area contributed by atoms with Crippen LogP contribution in [0.15, 0.2) is 42.1 Å². The topological polar surface area (TPSA) is 100 Å². The van der Waals surface area contributed by atoms with Crippen molar-refractivity contribution in [1.29, 1.82) is 0 Å². The summed E-state index contributed by atoms with van der Waals surface area (Å²) in [4.78, 5) is 28.2. The highest BCUT2D eigenvalue weighted by Gasteiger charge is 2.26. The first kappa shape index (κ1) is 19.2. The van der Waals surface area contributed by atoms with Gasteiger partial charge >= 0.3 is 0 Å². The Morgan fingerprint density at radius 1 is 1.26 bits per heavy atom. The Morgan fingerprint density at radius 3 is 2.71 bits per heavy atom. The van der Waals surface area contributed by atoms with E-state index in [9.17, 15) is 14.0 Å². The quantitative estimate of drug-likeness (QED) is 0.419. The number of carbonyl (C=O) groups excluding carboxylic acids is 2. The predicted molar refractivity (Wildman–Crippen MR) is 114 cm³/mol. The number of nitrogens with one attached hydrogen (secondary N) is 3. The first-order chi connectivity index (χ1) is 15.0. The second-order valence-corrected chi connectivity index (χ2v) is 7.92. The van der Waals surface area contributed by atoms with Crippen molar-refractivity contribution in [2.24, 2.45) is 0 Å². The Bertz CT molecular complexity index is 1210. The highest BCUT2D eigenvalue weighted by molar-refractivity contribution is 6.15. The molecule has 0 bridgehead atoms. The normalized spacial score (nSPS) is 18.5. The van der Waals surface area contributed by atoms with Crippen LogP contribution >= 0.6 is 0 Å². The van der Waals surface area contributed by atoms with Crippen LogP contribution in [0.25, 0.3) is 11.7 Å². The van der Waals surface area contributed by atoms with Crippen molar-refractivity contribution in [2.45, 2.75) is 38.3 Å². The van der Waals surface area contributed by atoms with Crippen LogP contribution in [-0.2, 0) is 9.59 Å². The fourth-order valence-electron chi connectivity index (χ4n) is 3.56. The Hall–Kier alpha value is -3.75. The Labute approximate surface area is 177 Å². The van der Waals surface area contributed by atoms with Crippen LogP contribution in [0.3, 0.4) is 0 Å². The monoisotopic (exact) mass is 420 g/mol. The van der Waals surface area contributed by atoms with E-state index in [0.29, 0.717) is 28.6 Å². The van der Waals surface area contributed by atoms with E-state index in [2.05, 4.69) is 21.0 Å². The van der Waals surface area contributed by atoms with E-state index in [4.69, 9.17) is 4.98 Å². The molecule has 3 N–H and O–H groups in total. The summed E-state index contributed by atoms with van der Waals surface area (Å²) in [5, 5.41) is 13.5. The number of carbonyl (C=O) groups is 2. The first-order valence-electron chi connectivity index (χ1n) is 10.2. The summed E-state index contributed by atoms with van der Waals surface area (Å²) in [6, 6.07) is 8.52. The van der Waals surface area contributed by atoms with Crippen molar-refractivity contribution in [2.75, 3.05) is 10.6 Å². The number of aromatic nitrogens is 3. The van der Waals surface area contributed by atoms with Crippen molar-refractivity contribution in [3.63, 3.8) is 0 Å². The van der Waals surface area contributed by atoms with Gasteiger partial charge in [-0.3, -0.25) is 14.9 Å². The molecule has 2 amide bonds. The molecule has 31 heavy (non-hydrogen) atoms. The lowest BCUT2D eigenvalue weighted by atomic mass is 10.1. The summed E-state index contributed by atoms with van der Waals surface area (Å²) in [5.74, 6) is 0.433. The third-order valence-electron chi connectivity index (χ3n) is 5.39. The van der Waals surface area contributed by atoms with Gasteiger partial charge in [-0.25, -0.2) is 9.37 Å². The van der Waals surface area contributed by atoms with E-state index in [0.717, 1.165) is 24.2 Å². The second-order valence-electron chi connectivity index (χ2n) is 7.92. The summed E-state index contributed by atoms with van der Waals surface area (Å²) in [6.07, 6.45) is 5.53. The van der Waals surface area contributed by atoms with Gasteiger partial charge in [-0.05, 0) is 43.5 Å². The number of halogens is 1. The van der Waals surface area contributed by atoms with Gasteiger partial charge in [-0.15, -0.1) is 0 Å². The van der Waals surface area contributed by atoms with Gasteiger partial charge in [-0.2, -0.15) is 9.61 Å². The summed E-state index contributed by atoms with van der Waals surface area (Å²) < 4.78 is 15.0. The average molecular weight is 420 g/mol. The molecule has 2 fully saturated rings. The molecule has 0 radical (unpaired) electrons. The largest absolute Gasteiger partial charge is 0.367 e. The highest BCUT2D eigenvalue weighted by Crippen LogP contribution is 2.29. The maximum absolute atomic E-state index is 13.3. The lowest BCUT2D eigenvalue weighted by molar-refractivity contribution is -0.124. The molecule has 0 spiro atoms. The molecule has 1 aromatic carbocycles. The smallest absolute Gasteiger partial charge is 0.254 e. The summed E-state index contributed by atoms with van der Waals surface area (Å²) in [7, 11) is 0. The Balaban J connectivity index is 1.52. The molecule has 8 nitrogen and oxygen atoms in total. The van der Waals surface area contributed by atoms with Gasteiger partial charge < -0.3 is 10.6 Å². The number of benzene rings is 1. The molecule has 1 saturated heterocycles. The lowest BCUT2D eigenvalue weighted by Gasteiger charge is -2.17. The van der Waals surface area contributed by atoms with E-state index in [1.54, 1.807) is 28.9 Å². The van der Waals surface area contributed by atoms with Crippen LogP contribution in [0.4, 0.5) is 16.0 Å². The SMILES string of the molecule is CC(Nc1cc(NC2CC2)n2ncc(/C=C3\CC(=O)NC3=O)c2n1)c1ccc(F)cc1. The zero-order valence-electron chi connectivity index (χ0n) is 16.9. The van der Waals surface area contributed by atoms with Crippen LogP contribution in [0.5, 0.6) is 0 Å². The van der Waals surface area contributed by atoms with Gasteiger partial charge in [0.05, 0.1) is 12.6 Å². The third-order valence-corrected chi connectivity index (χ3v) is 5.39. The molecular weight excluding hydrogens is 399 g/mol. The number of imide groups is 1. The molecule has 1 aliphatic carbocycles. The number of anilines is 2. The minimum absolute atomic E-state index is 0.0445. The average Bonchev–Trinajstić information content (AvgIpc) is 3.37. The molecule has 5 rings (SSSR count). The van der Waals surface area contributed by atoms with Crippen LogP contribution in [0.1, 0.15) is 43.4 Å². The van der Waals surface area contributed by atoms with Crippen molar-refractivity contribution in [1.82, 2.24) is 19.9 Å². The van der Waals surface area contributed by atoms with Gasteiger partial charge in [0.25, 0.3) is 5.91 Å². The van der Waals surface area contributed by atoms with Crippen LogP contribution in [-0.4, -0.2) is 32.5 Å². The number of amides is 2. The molecule has 1 atom stereocenters. The molecule has 1 saturated carbocycles. The van der Waals surface area contributed by atoms with Crippen molar-refractivity contribution in [3.05, 3.63) is 59.0 Å². The van der Waals surface area contributed by atoms with Crippen molar-refractivity contribution in [3.8, 4) is 0 Å². The molecular formula is C22H21FN6O2. The van der Waals surface area contributed by atoms with E-state index in [1.807, 2.05) is 13.0 Å². The zero-order valence-corrected chi connectivity index (χ0v) is 16.9. The molecule has 3 aromatic rings. The molecule has 2 aromatic heterocycles. The second kappa shape index (κ2) is 7.50. The van der Waals surface area contributed by atoms with Crippen LogP contribution in [0.2, 0.25) is 0 Å².